The maximum absolute atomic E-state index is 12.5. The van der Waals surface area contributed by atoms with Gasteiger partial charge in [-0.2, -0.15) is 0 Å². The number of urea groups is 1. The monoisotopic (exact) mass is 474 g/mol. The Balaban J connectivity index is 1.37. The molecule has 2 aromatic carbocycles. The number of amides is 3. The first-order chi connectivity index (χ1) is 15.2. The zero-order valence-electron chi connectivity index (χ0n) is 16.8. The molecule has 166 valence electrons. The molecule has 12 heteroatoms. The van der Waals surface area contributed by atoms with Crippen molar-refractivity contribution in [1.29, 1.82) is 0 Å². The molecule has 0 saturated carbocycles. The summed E-state index contributed by atoms with van der Waals surface area (Å²) in [5.74, 6) is -1.61. The first-order valence-corrected chi connectivity index (χ1v) is 11.9. The zero-order valence-corrected chi connectivity index (χ0v) is 18.4. The maximum atomic E-state index is 12.5. The van der Waals surface area contributed by atoms with Gasteiger partial charge in [0, 0.05) is 17.1 Å². The van der Waals surface area contributed by atoms with E-state index < -0.39 is 34.0 Å². The molecule has 32 heavy (non-hydrogen) atoms. The summed E-state index contributed by atoms with van der Waals surface area (Å²) in [7, 11) is -3.48. The van der Waals surface area contributed by atoms with E-state index in [9.17, 15) is 22.8 Å². The topological polar surface area (TPSA) is 134 Å². The minimum Gasteiger partial charge on any atom is -0.449 e. The molecule has 0 aromatic heterocycles. The predicted octanol–water partition coefficient (Wildman–Crippen LogP) is 2.19. The van der Waals surface area contributed by atoms with Crippen molar-refractivity contribution < 1.29 is 27.5 Å². The summed E-state index contributed by atoms with van der Waals surface area (Å²) in [6.45, 7) is 1.64. The second-order valence-corrected chi connectivity index (χ2v) is 9.72. The Morgan fingerprint density at radius 1 is 1.16 bits per heavy atom. The van der Waals surface area contributed by atoms with E-state index in [1.807, 2.05) is 0 Å². The molecule has 2 aliphatic heterocycles. The second kappa shape index (κ2) is 8.63. The molecular formula is C20H18N4O6S2. The van der Waals surface area contributed by atoms with Crippen molar-refractivity contribution in [2.45, 2.75) is 17.9 Å². The number of amidine groups is 1. The van der Waals surface area contributed by atoms with Gasteiger partial charge < -0.3 is 15.0 Å². The number of anilines is 2. The number of benzene rings is 2. The SMILES string of the molecule is CC(OC(=O)c1ccc2c(c1)SC1=NS(=O)(=O)CCN12)C(=O)NC(=O)Nc1ccccc1. The standard InChI is InChI=1S/C20H18N4O6S2/c1-12(17(25)22-19(27)21-14-5-3-2-4-6-14)30-18(26)13-7-8-15-16(11-13)31-20-23-32(28,29)10-9-24(15)20/h2-8,11-12H,9-10H2,1H3,(H2,21,22,25,27). The highest BCUT2D eigenvalue weighted by Crippen LogP contribution is 2.42. The van der Waals surface area contributed by atoms with E-state index in [1.54, 1.807) is 47.4 Å². The summed E-state index contributed by atoms with van der Waals surface area (Å²) >= 11 is 1.15. The number of carbonyl (C=O) groups is 3. The number of ether oxygens (including phenoxy) is 1. The molecule has 4 rings (SSSR count). The highest BCUT2D eigenvalue weighted by Gasteiger charge is 2.33. The Kier molecular flexibility index (Phi) is 5.89. The van der Waals surface area contributed by atoms with Crippen molar-refractivity contribution in [3.05, 3.63) is 54.1 Å². The number of esters is 1. The first kappa shape index (κ1) is 21.8. The van der Waals surface area contributed by atoms with Crippen LogP contribution in [0, 0.1) is 0 Å². The Morgan fingerprint density at radius 2 is 1.91 bits per heavy atom. The zero-order chi connectivity index (χ0) is 22.9. The van der Waals surface area contributed by atoms with Gasteiger partial charge in [0.05, 0.1) is 17.0 Å². The third-order valence-corrected chi connectivity index (χ3v) is 6.94. The van der Waals surface area contributed by atoms with Gasteiger partial charge in [-0.15, -0.1) is 4.40 Å². The minimum atomic E-state index is -3.48. The summed E-state index contributed by atoms with van der Waals surface area (Å²) in [4.78, 5) is 39.1. The van der Waals surface area contributed by atoms with E-state index in [0.717, 1.165) is 17.4 Å². The van der Waals surface area contributed by atoms with Crippen molar-refractivity contribution in [3.8, 4) is 0 Å². The molecule has 0 radical (unpaired) electrons. The lowest BCUT2D eigenvalue weighted by molar-refractivity contribution is -0.127. The largest absolute Gasteiger partial charge is 0.449 e. The van der Waals surface area contributed by atoms with Crippen molar-refractivity contribution in [1.82, 2.24) is 5.32 Å². The average Bonchev–Trinajstić information content (AvgIpc) is 3.09. The van der Waals surface area contributed by atoms with Gasteiger partial charge >= 0.3 is 12.0 Å². The van der Waals surface area contributed by atoms with Crippen LogP contribution in [0.4, 0.5) is 16.2 Å². The number of fused-ring (bicyclic) bond motifs is 3. The minimum absolute atomic E-state index is 0.0786. The van der Waals surface area contributed by atoms with Crippen LogP contribution >= 0.6 is 11.8 Å². The van der Waals surface area contributed by atoms with Crippen LogP contribution in [-0.2, 0) is 19.6 Å². The Morgan fingerprint density at radius 3 is 2.66 bits per heavy atom. The quantitative estimate of drug-likeness (QED) is 0.644. The summed E-state index contributed by atoms with van der Waals surface area (Å²) in [5, 5.41) is 4.96. The average molecular weight is 475 g/mol. The molecule has 2 aromatic rings. The number of sulfonamides is 1. The van der Waals surface area contributed by atoms with Gasteiger partial charge in [0.25, 0.3) is 15.9 Å². The predicted molar refractivity (Wildman–Crippen MR) is 119 cm³/mol. The fourth-order valence-electron chi connectivity index (χ4n) is 3.04. The number of para-hydroxylation sites is 1. The van der Waals surface area contributed by atoms with Crippen LogP contribution in [0.1, 0.15) is 17.3 Å². The van der Waals surface area contributed by atoms with E-state index in [-0.39, 0.29) is 17.9 Å². The number of imide groups is 1. The third-order valence-electron chi connectivity index (χ3n) is 4.63. The van der Waals surface area contributed by atoms with E-state index in [4.69, 9.17) is 4.74 Å². The van der Waals surface area contributed by atoms with Gasteiger partial charge in [0.1, 0.15) is 0 Å². The molecule has 0 aliphatic carbocycles. The van der Waals surface area contributed by atoms with Gasteiger partial charge in [-0.1, -0.05) is 18.2 Å². The van der Waals surface area contributed by atoms with Crippen molar-refractivity contribution in [2.24, 2.45) is 4.40 Å². The number of carbonyl (C=O) groups excluding carboxylic acids is 3. The Hall–Kier alpha value is -3.38. The van der Waals surface area contributed by atoms with Crippen LogP contribution in [0.5, 0.6) is 0 Å². The lowest BCUT2D eigenvalue weighted by atomic mass is 10.2. The fourth-order valence-corrected chi connectivity index (χ4v) is 5.33. The molecular weight excluding hydrogens is 456 g/mol. The second-order valence-electron chi connectivity index (χ2n) is 6.95. The number of rotatable bonds is 4. The molecule has 1 unspecified atom stereocenters. The van der Waals surface area contributed by atoms with Crippen LogP contribution in [-0.4, -0.2) is 49.9 Å². The van der Waals surface area contributed by atoms with Crippen LogP contribution in [0.3, 0.4) is 0 Å². The molecule has 0 saturated heterocycles. The van der Waals surface area contributed by atoms with Crippen LogP contribution in [0.15, 0.2) is 57.8 Å². The van der Waals surface area contributed by atoms with Crippen LogP contribution < -0.4 is 15.5 Å². The number of thioether (sulfide) groups is 1. The molecule has 1 atom stereocenters. The molecule has 3 amide bonds. The molecule has 2 N–H and O–H groups in total. The lowest BCUT2D eigenvalue weighted by Crippen LogP contribution is -2.41. The maximum Gasteiger partial charge on any atom is 0.338 e. The van der Waals surface area contributed by atoms with E-state index in [1.165, 1.54) is 13.0 Å². The number of nitrogens with one attached hydrogen (secondary N) is 2. The van der Waals surface area contributed by atoms with Crippen LogP contribution in [0.25, 0.3) is 0 Å². The molecule has 2 aliphatic rings. The van der Waals surface area contributed by atoms with E-state index in [0.29, 0.717) is 15.8 Å². The molecule has 2 heterocycles. The van der Waals surface area contributed by atoms with Crippen molar-refractivity contribution in [3.63, 3.8) is 0 Å². The summed E-state index contributed by atoms with van der Waals surface area (Å²) in [5.41, 5.74) is 1.45. The van der Waals surface area contributed by atoms with E-state index in [2.05, 4.69) is 15.0 Å². The summed E-state index contributed by atoms with van der Waals surface area (Å²) in [6.07, 6.45) is -1.22. The van der Waals surface area contributed by atoms with Crippen molar-refractivity contribution >= 4 is 56.2 Å². The highest BCUT2D eigenvalue weighted by atomic mass is 32.2. The van der Waals surface area contributed by atoms with Gasteiger partial charge in [-0.3, -0.25) is 10.1 Å². The van der Waals surface area contributed by atoms with Crippen molar-refractivity contribution in [2.75, 3.05) is 22.5 Å². The molecule has 0 fully saturated rings. The number of hydrogen-bond donors (Lipinski definition) is 2. The van der Waals surface area contributed by atoms with Crippen LogP contribution in [0.2, 0.25) is 0 Å². The highest BCUT2D eigenvalue weighted by molar-refractivity contribution is 8.15. The molecule has 0 spiro atoms. The third kappa shape index (κ3) is 4.75. The summed E-state index contributed by atoms with van der Waals surface area (Å²) in [6, 6.07) is 12.6. The fraction of sp³-hybridized carbons (Fsp3) is 0.200. The van der Waals surface area contributed by atoms with Gasteiger partial charge in [0.2, 0.25) is 0 Å². The smallest absolute Gasteiger partial charge is 0.338 e. The van der Waals surface area contributed by atoms with Gasteiger partial charge in [-0.05, 0) is 49.0 Å². The number of hydrogen-bond acceptors (Lipinski definition) is 8. The Bertz CT molecular complexity index is 1230. The lowest BCUT2D eigenvalue weighted by Gasteiger charge is -2.22. The summed E-state index contributed by atoms with van der Waals surface area (Å²) < 4.78 is 32.4. The Labute approximate surface area is 188 Å². The molecule has 10 nitrogen and oxygen atoms in total. The molecule has 0 bridgehead atoms. The van der Waals surface area contributed by atoms with Gasteiger partial charge in [-0.25, -0.2) is 18.0 Å². The van der Waals surface area contributed by atoms with Gasteiger partial charge in [0.15, 0.2) is 11.3 Å². The first-order valence-electron chi connectivity index (χ1n) is 9.52. The van der Waals surface area contributed by atoms with E-state index >= 15 is 0 Å². The normalized spacial score (nSPS) is 16.8. The number of nitrogens with zero attached hydrogens (tertiary/aromatic N) is 2.